The summed E-state index contributed by atoms with van der Waals surface area (Å²) in [5.41, 5.74) is 6.58. The lowest BCUT2D eigenvalue weighted by molar-refractivity contribution is -0.116. The van der Waals surface area contributed by atoms with Crippen LogP contribution >= 0.6 is 0 Å². The molecule has 1 aromatic carbocycles. The molecule has 0 unspecified atom stereocenters. The van der Waals surface area contributed by atoms with Crippen molar-refractivity contribution in [1.29, 1.82) is 0 Å². The van der Waals surface area contributed by atoms with Gasteiger partial charge in [-0.3, -0.25) is 14.2 Å². The minimum absolute atomic E-state index is 0.361. The Morgan fingerprint density at radius 2 is 2.00 bits per heavy atom. The second-order valence-corrected chi connectivity index (χ2v) is 4.77. The van der Waals surface area contributed by atoms with Crippen LogP contribution in [0.1, 0.15) is 5.56 Å². The number of nitrogens with zero attached hydrogens (tertiary/aromatic N) is 2. The van der Waals surface area contributed by atoms with E-state index in [4.69, 9.17) is 5.73 Å². The molecule has 3 N–H and O–H groups in total. The molecule has 0 aliphatic carbocycles. The van der Waals surface area contributed by atoms with E-state index in [-0.39, 0.29) is 6.54 Å². The molecular weight excluding hydrogens is 272 g/mol. The SMILES string of the molecule is Cc1ccc(NC(=O)Cn2c(=O)ccn(C)c2=O)c(N)c1. The third-order valence-corrected chi connectivity index (χ3v) is 3.02. The molecule has 0 spiro atoms. The molecule has 1 aromatic heterocycles. The number of hydrogen-bond acceptors (Lipinski definition) is 4. The molecule has 7 heteroatoms. The van der Waals surface area contributed by atoms with E-state index in [1.807, 2.05) is 6.92 Å². The summed E-state index contributed by atoms with van der Waals surface area (Å²) in [6.07, 6.45) is 1.36. The fourth-order valence-corrected chi connectivity index (χ4v) is 1.89. The Balaban J connectivity index is 2.22. The Labute approximate surface area is 120 Å². The quantitative estimate of drug-likeness (QED) is 0.781. The average molecular weight is 288 g/mol. The number of carbonyl (C=O) groups excluding carboxylic acids is 1. The molecule has 2 aromatic rings. The lowest BCUT2D eigenvalue weighted by atomic mass is 10.2. The van der Waals surface area contributed by atoms with Gasteiger partial charge < -0.3 is 15.6 Å². The molecule has 0 bridgehead atoms. The van der Waals surface area contributed by atoms with Crippen molar-refractivity contribution in [1.82, 2.24) is 9.13 Å². The standard InChI is InChI=1S/C14H16N4O3/c1-9-3-4-11(10(15)7-9)16-12(19)8-18-13(20)5-6-17(2)14(18)21/h3-7H,8,15H2,1-2H3,(H,16,19). The molecular formula is C14H16N4O3. The summed E-state index contributed by atoms with van der Waals surface area (Å²) in [5, 5.41) is 2.59. The number of amides is 1. The molecule has 0 fully saturated rings. The highest BCUT2D eigenvalue weighted by Crippen LogP contribution is 2.19. The molecule has 1 heterocycles. The van der Waals surface area contributed by atoms with Gasteiger partial charge in [0.15, 0.2) is 0 Å². The third-order valence-electron chi connectivity index (χ3n) is 3.02. The van der Waals surface area contributed by atoms with E-state index in [9.17, 15) is 14.4 Å². The van der Waals surface area contributed by atoms with Crippen LogP contribution in [0, 0.1) is 6.92 Å². The Morgan fingerprint density at radius 1 is 1.29 bits per heavy atom. The molecule has 0 saturated carbocycles. The molecule has 0 aliphatic rings. The molecule has 0 radical (unpaired) electrons. The van der Waals surface area contributed by atoms with Gasteiger partial charge in [0.25, 0.3) is 5.56 Å². The van der Waals surface area contributed by atoms with Gasteiger partial charge in [0.05, 0.1) is 11.4 Å². The molecule has 21 heavy (non-hydrogen) atoms. The highest BCUT2D eigenvalue weighted by molar-refractivity contribution is 5.93. The number of aromatic nitrogens is 2. The Kier molecular flexibility index (Phi) is 3.93. The van der Waals surface area contributed by atoms with Crippen molar-refractivity contribution in [2.45, 2.75) is 13.5 Å². The first-order valence-electron chi connectivity index (χ1n) is 6.31. The van der Waals surface area contributed by atoms with Crippen molar-refractivity contribution in [3.63, 3.8) is 0 Å². The molecule has 2 rings (SSSR count). The lowest BCUT2D eigenvalue weighted by Crippen LogP contribution is -2.40. The fourth-order valence-electron chi connectivity index (χ4n) is 1.89. The second kappa shape index (κ2) is 5.66. The van der Waals surface area contributed by atoms with Gasteiger partial charge in [0.2, 0.25) is 5.91 Å². The number of benzene rings is 1. The monoisotopic (exact) mass is 288 g/mol. The maximum Gasteiger partial charge on any atom is 0.331 e. The van der Waals surface area contributed by atoms with Gasteiger partial charge >= 0.3 is 5.69 Å². The van der Waals surface area contributed by atoms with Crippen LogP contribution in [0.5, 0.6) is 0 Å². The molecule has 7 nitrogen and oxygen atoms in total. The van der Waals surface area contributed by atoms with Crippen LogP contribution in [0.25, 0.3) is 0 Å². The molecule has 0 aliphatic heterocycles. The van der Waals surface area contributed by atoms with Gasteiger partial charge in [-0.2, -0.15) is 0 Å². The van der Waals surface area contributed by atoms with Crippen molar-refractivity contribution in [2.75, 3.05) is 11.1 Å². The minimum Gasteiger partial charge on any atom is -0.397 e. The van der Waals surface area contributed by atoms with Crippen molar-refractivity contribution in [2.24, 2.45) is 7.05 Å². The number of nitrogen functional groups attached to an aromatic ring is 1. The third kappa shape index (κ3) is 3.19. The predicted octanol–water partition coefficient (Wildman–Crippen LogP) is 0.0763. The maximum atomic E-state index is 12.0. The second-order valence-electron chi connectivity index (χ2n) is 4.77. The van der Waals surface area contributed by atoms with Crippen molar-refractivity contribution < 1.29 is 4.79 Å². The fraction of sp³-hybridized carbons (Fsp3) is 0.214. The first-order chi connectivity index (χ1) is 9.88. The molecule has 0 atom stereocenters. The van der Waals surface area contributed by atoms with Crippen LogP contribution in [0.15, 0.2) is 40.1 Å². The van der Waals surface area contributed by atoms with E-state index in [2.05, 4.69) is 5.32 Å². The summed E-state index contributed by atoms with van der Waals surface area (Å²) in [7, 11) is 1.51. The predicted molar refractivity (Wildman–Crippen MR) is 80.2 cm³/mol. The zero-order valence-corrected chi connectivity index (χ0v) is 11.8. The maximum absolute atomic E-state index is 12.0. The first-order valence-corrected chi connectivity index (χ1v) is 6.31. The molecule has 0 saturated heterocycles. The van der Waals surface area contributed by atoms with Crippen LogP contribution in [0.4, 0.5) is 11.4 Å². The summed E-state index contributed by atoms with van der Waals surface area (Å²) < 4.78 is 2.09. The van der Waals surface area contributed by atoms with Crippen LogP contribution in [0.3, 0.4) is 0 Å². The summed E-state index contributed by atoms with van der Waals surface area (Å²) >= 11 is 0. The van der Waals surface area contributed by atoms with E-state index >= 15 is 0 Å². The van der Waals surface area contributed by atoms with Crippen LogP contribution in [-0.2, 0) is 18.4 Å². The van der Waals surface area contributed by atoms with E-state index in [0.29, 0.717) is 11.4 Å². The highest BCUT2D eigenvalue weighted by Gasteiger charge is 2.10. The van der Waals surface area contributed by atoms with Crippen LogP contribution < -0.4 is 22.3 Å². The van der Waals surface area contributed by atoms with Crippen LogP contribution in [-0.4, -0.2) is 15.0 Å². The first kappa shape index (κ1) is 14.6. The van der Waals surface area contributed by atoms with E-state index in [0.717, 1.165) is 10.1 Å². The smallest absolute Gasteiger partial charge is 0.331 e. The number of hydrogen-bond donors (Lipinski definition) is 2. The lowest BCUT2D eigenvalue weighted by Gasteiger charge is -2.10. The largest absolute Gasteiger partial charge is 0.397 e. The van der Waals surface area contributed by atoms with Gasteiger partial charge in [0, 0.05) is 19.3 Å². The van der Waals surface area contributed by atoms with Crippen LogP contribution in [0.2, 0.25) is 0 Å². The number of carbonyl (C=O) groups is 1. The normalized spacial score (nSPS) is 10.4. The van der Waals surface area contributed by atoms with Gasteiger partial charge in [-0.25, -0.2) is 4.79 Å². The van der Waals surface area contributed by atoms with E-state index in [1.54, 1.807) is 18.2 Å². The zero-order valence-electron chi connectivity index (χ0n) is 11.8. The summed E-state index contributed by atoms with van der Waals surface area (Å²) in [4.78, 5) is 35.4. The Bertz CT molecular complexity index is 805. The number of anilines is 2. The number of rotatable bonds is 3. The Hall–Kier alpha value is -2.83. The topological polar surface area (TPSA) is 99.1 Å². The molecule has 110 valence electrons. The number of aryl methyl sites for hydroxylation is 2. The Morgan fingerprint density at radius 3 is 2.67 bits per heavy atom. The van der Waals surface area contributed by atoms with Crippen molar-refractivity contribution >= 4 is 17.3 Å². The van der Waals surface area contributed by atoms with E-state index < -0.39 is 17.2 Å². The molecule has 1 amide bonds. The average Bonchev–Trinajstić information content (AvgIpc) is 2.42. The number of nitrogens with two attached hydrogens (primary N) is 1. The van der Waals surface area contributed by atoms with Gasteiger partial charge in [-0.1, -0.05) is 6.07 Å². The van der Waals surface area contributed by atoms with Gasteiger partial charge in [0.1, 0.15) is 6.54 Å². The number of nitrogens with one attached hydrogen (secondary N) is 1. The van der Waals surface area contributed by atoms with Gasteiger partial charge in [-0.15, -0.1) is 0 Å². The summed E-state index contributed by atoms with van der Waals surface area (Å²) in [5.74, 6) is -0.490. The highest BCUT2D eigenvalue weighted by atomic mass is 16.2. The summed E-state index contributed by atoms with van der Waals surface area (Å²) in [6.45, 7) is 1.52. The summed E-state index contributed by atoms with van der Waals surface area (Å²) in [6, 6.07) is 6.44. The minimum atomic E-state index is -0.547. The van der Waals surface area contributed by atoms with Crippen molar-refractivity contribution in [3.05, 3.63) is 56.9 Å². The zero-order chi connectivity index (χ0) is 15.6. The van der Waals surface area contributed by atoms with Crippen molar-refractivity contribution in [3.8, 4) is 0 Å². The van der Waals surface area contributed by atoms with E-state index in [1.165, 1.54) is 23.9 Å². The van der Waals surface area contributed by atoms with Gasteiger partial charge in [-0.05, 0) is 24.6 Å².